The molecule has 0 saturated carbocycles. The van der Waals surface area contributed by atoms with E-state index in [4.69, 9.17) is 9.84 Å². The van der Waals surface area contributed by atoms with Crippen molar-refractivity contribution in [1.29, 1.82) is 0 Å². The Labute approximate surface area is 94.6 Å². The number of cyclic esters (lactones) is 1. The van der Waals surface area contributed by atoms with Gasteiger partial charge in [-0.3, -0.25) is 4.79 Å². The zero-order valence-corrected chi connectivity index (χ0v) is 9.15. The summed E-state index contributed by atoms with van der Waals surface area (Å²) in [5, 5.41) is 8.66. The molecular weight excluding hydrogens is 208 g/mol. The average Bonchev–Trinajstić information content (AvgIpc) is 2.56. The van der Waals surface area contributed by atoms with Gasteiger partial charge in [-0.2, -0.15) is 0 Å². The van der Waals surface area contributed by atoms with Crippen molar-refractivity contribution in [3.05, 3.63) is 24.8 Å². The minimum Gasteiger partial charge on any atom is -0.478 e. The van der Waals surface area contributed by atoms with E-state index < -0.39 is 5.97 Å². The molecule has 1 aliphatic heterocycles. The number of aliphatic carboxylic acids is 1. The molecule has 1 saturated heterocycles. The van der Waals surface area contributed by atoms with Gasteiger partial charge in [0.25, 0.3) is 0 Å². The first-order chi connectivity index (χ1) is 7.54. The van der Waals surface area contributed by atoms with Crippen LogP contribution in [0.15, 0.2) is 24.8 Å². The fraction of sp³-hybridized carbons (Fsp3) is 0.500. The van der Waals surface area contributed by atoms with E-state index in [1.54, 1.807) is 6.08 Å². The molecule has 4 heteroatoms. The lowest BCUT2D eigenvalue weighted by Crippen LogP contribution is -2.15. The lowest BCUT2D eigenvalue weighted by atomic mass is 9.92. The van der Waals surface area contributed by atoms with Crippen molar-refractivity contribution in [2.75, 3.05) is 0 Å². The maximum atomic E-state index is 11.1. The maximum Gasteiger partial charge on any atom is 0.330 e. The fourth-order valence-electron chi connectivity index (χ4n) is 1.82. The molecule has 88 valence electrons. The topological polar surface area (TPSA) is 63.6 Å². The summed E-state index contributed by atoms with van der Waals surface area (Å²) in [5.74, 6) is -1.11. The SMILES string of the molecule is C=CCC1OC(=O)CC1CCC(=C)C(=O)O. The Bertz CT molecular complexity index is 319. The summed E-state index contributed by atoms with van der Waals surface area (Å²) in [5.41, 5.74) is 0.178. The normalized spacial score (nSPS) is 23.9. The van der Waals surface area contributed by atoms with Gasteiger partial charge in [-0.15, -0.1) is 6.58 Å². The number of carbonyl (C=O) groups is 2. The predicted octanol–water partition coefficient (Wildman–Crippen LogP) is 1.92. The summed E-state index contributed by atoms with van der Waals surface area (Å²) >= 11 is 0. The van der Waals surface area contributed by atoms with Crippen LogP contribution in [0.4, 0.5) is 0 Å². The van der Waals surface area contributed by atoms with Gasteiger partial charge in [-0.1, -0.05) is 12.7 Å². The Hall–Kier alpha value is -1.58. The molecule has 0 aliphatic carbocycles. The van der Waals surface area contributed by atoms with Crippen molar-refractivity contribution >= 4 is 11.9 Å². The molecule has 0 aromatic carbocycles. The minimum absolute atomic E-state index is 0.0848. The van der Waals surface area contributed by atoms with E-state index in [2.05, 4.69) is 13.2 Å². The van der Waals surface area contributed by atoms with Gasteiger partial charge in [0.2, 0.25) is 0 Å². The minimum atomic E-state index is -0.981. The molecule has 0 amide bonds. The van der Waals surface area contributed by atoms with Crippen molar-refractivity contribution in [3.63, 3.8) is 0 Å². The molecule has 0 aromatic heterocycles. The van der Waals surface area contributed by atoms with Crippen LogP contribution < -0.4 is 0 Å². The average molecular weight is 224 g/mol. The van der Waals surface area contributed by atoms with Gasteiger partial charge in [0, 0.05) is 17.9 Å². The van der Waals surface area contributed by atoms with Crippen molar-refractivity contribution in [1.82, 2.24) is 0 Å². The Kier molecular flexibility index (Phi) is 4.28. The molecule has 1 fully saturated rings. The molecular formula is C12H16O4. The molecule has 0 radical (unpaired) electrons. The van der Waals surface area contributed by atoms with Crippen molar-refractivity contribution < 1.29 is 19.4 Å². The first-order valence-electron chi connectivity index (χ1n) is 5.26. The summed E-state index contributed by atoms with van der Waals surface area (Å²) in [6, 6.07) is 0. The second kappa shape index (κ2) is 5.49. The lowest BCUT2D eigenvalue weighted by molar-refractivity contribution is -0.141. The van der Waals surface area contributed by atoms with Gasteiger partial charge in [0.05, 0.1) is 6.42 Å². The molecule has 2 unspecified atom stereocenters. The van der Waals surface area contributed by atoms with E-state index >= 15 is 0 Å². The number of ether oxygens (including phenoxy) is 1. The number of carboxylic acids is 1. The zero-order chi connectivity index (χ0) is 12.1. The first-order valence-corrected chi connectivity index (χ1v) is 5.26. The Morgan fingerprint density at radius 3 is 2.88 bits per heavy atom. The molecule has 1 N–H and O–H groups in total. The first kappa shape index (κ1) is 12.5. The second-order valence-corrected chi connectivity index (χ2v) is 3.96. The Morgan fingerprint density at radius 2 is 2.31 bits per heavy atom. The standard InChI is InChI=1S/C12H16O4/c1-3-4-10-9(7-11(13)16-10)6-5-8(2)12(14)15/h3,9-10H,1-2,4-7H2,(H,14,15). The van der Waals surface area contributed by atoms with Crippen molar-refractivity contribution in [2.24, 2.45) is 5.92 Å². The van der Waals surface area contributed by atoms with Gasteiger partial charge in [-0.25, -0.2) is 4.79 Å². The maximum absolute atomic E-state index is 11.1. The smallest absolute Gasteiger partial charge is 0.330 e. The molecule has 0 aromatic rings. The van der Waals surface area contributed by atoms with Crippen LogP contribution in [0.5, 0.6) is 0 Å². The molecule has 16 heavy (non-hydrogen) atoms. The number of hydrogen-bond acceptors (Lipinski definition) is 3. The highest BCUT2D eigenvalue weighted by Gasteiger charge is 2.33. The van der Waals surface area contributed by atoms with E-state index in [0.717, 1.165) is 0 Å². The molecule has 1 heterocycles. The largest absolute Gasteiger partial charge is 0.478 e. The molecule has 1 aliphatic rings. The van der Waals surface area contributed by atoms with Crippen molar-refractivity contribution in [2.45, 2.75) is 31.8 Å². The summed E-state index contributed by atoms with van der Waals surface area (Å²) in [6.07, 6.45) is 3.56. The summed E-state index contributed by atoms with van der Waals surface area (Å²) in [7, 11) is 0. The predicted molar refractivity (Wildman–Crippen MR) is 58.8 cm³/mol. The van der Waals surface area contributed by atoms with Crippen LogP contribution in [0, 0.1) is 5.92 Å². The number of esters is 1. The van der Waals surface area contributed by atoms with Gasteiger partial charge < -0.3 is 9.84 Å². The van der Waals surface area contributed by atoms with E-state index in [-0.39, 0.29) is 23.6 Å². The van der Waals surface area contributed by atoms with Gasteiger partial charge >= 0.3 is 11.9 Å². The quantitative estimate of drug-likeness (QED) is 0.425. The summed E-state index contributed by atoms with van der Waals surface area (Å²) < 4.78 is 5.12. The highest BCUT2D eigenvalue weighted by Crippen LogP contribution is 2.29. The Balaban J connectivity index is 2.45. The monoisotopic (exact) mass is 224 g/mol. The zero-order valence-electron chi connectivity index (χ0n) is 9.15. The van der Waals surface area contributed by atoms with Crippen LogP contribution in [0.2, 0.25) is 0 Å². The highest BCUT2D eigenvalue weighted by molar-refractivity contribution is 5.85. The van der Waals surface area contributed by atoms with E-state index in [9.17, 15) is 9.59 Å². The highest BCUT2D eigenvalue weighted by atomic mass is 16.5. The van der Waals surface area contributed by atoms with Gasteiger partial charge in [-0.05, 0) is 12.8 Å². The number of rotatable bonds is 6. The third-order valence-corrected chi connectivity index (χ3v) is 2.76. The van der Waals surface area contributed by atoms with Crippen LogP contribution in [0.1, 0.15) is 25.7 Å². The van der Waals surface area contributed by atoms with E-state index in [0.29, 0.717) is 25.7 Å². The summed E-state index contributed by atoms with van der Waals surface area (Å²) in [6.45, 7) is 7.06. The van der Waals surface area contributed by atoms with Gasteiger partial charge in [0.1, 0.15) is 6.10 Å². The molecule has 4 nitrogen and oxygen atoms in total. The molecule has 0 spiro atoms. The number of carboxylic acid groups (broad SMARTS) is 1. The van der Waals surface area contributed by atoms with Crippen LogP contribution in [-0.4, -0.2) is 23.1 Å². The third kappa shape index (κ3) is 3.22. The summed E-state index contributed by atoms with van der Waals surface area (Å²) in [4.78, 5) is 21.7. The fourth-order valence-corrected chi connectivity index (χ4v) is 1.82. The van der Waals surface area contributed by atoms with E-state index in [1.165, 1.54) is 0 Å². The van der Waals surface area contributed by atoms with Crippen LogP contribution in [0.3, 0.4) is 0 Å². The van der Waals surface area contributed by atoms with Crippen LogP contribution >= 0.6 is 0 Å². The lowest BCUT2D eigenvalue weighted by Gasteiger charge is -2.15. The van der Waals surface area contributed by atoms with Crippen LogP contribution in [-0.2, 0) is 14.3 Å². The van der Waals surface area contributed by atoms with Gasteiger partial charge in [0.15, 0.2) is 0 Å². The molecule has 1 rings (SSSR count). The van der Waals surface area contributed by atoms with Crippen molar-refractivity contribution in [3.8, 4) is 0 Å². The van der Waals surface area contributed by atoms with Crippen LogP contribution in [0.25, 0.3) is 0 Å². The number of carbonyl (C=O) groups excluding carboxylic acids is 1. The second-order valence-electron chi connectivity index (χ2n) is 3.96. The van der Waals surface area contributed by atoms with E-state index in [1.807, 2.05) is 0 Å². The third-order valence-electron chi connectivity index (χ3n) is 2.76. The molecule has 0 bridgehead atoms. The number of hydrogen-bond donors (Lipinski definition) is 1. The molecule has 2 atom stereocenters. The Morgan fingerprint density at radius 1 is 1.62 bits per heavy atom.